The number of ether oxygens (including phenoxy) is 1. The molecule has 0 aliphatic heterocycles. The summed E-state index contributed by atoms with van der Waals surface area (Å²) in [4.78, 5) is 23.0. The van der Waals surface area contributed by atoms with Gasteiger partial charge < -0.3 is 4.74 Å². The highest BCUT2D eigenvalue weighted by molar-refractivity contribution is 9.10. The molecule has 0 spiro atoms. The summed E-state index contributed by atoms with van der Waals surface area (Å²) < 4.78 is 6.41. The van der Waals surface area contributed by atoms with E-state index in [1.54, 1.807) is 30.3 Å². The lowest BCUT2D eigenvalue weighted by molar-refractivity contribution is -0.384. The number of nitriles is 2. The third kappa shape index (κ3) is 5.45. The molecule has 0 fully saturated rings. The lowest BCUT2D eigenvalue weighted by atomic mass is 10.0. The number of nitro groups is 1. The van der Waals surface area contributed by atoms with Crippen LogP contribution in [0.2, 0.25) is 0 Å². The predicted molar refractivity (Wildman–Crippen MR) is 121 cm³/mol. The van der Waals surface area contributed by atoms with E-state index in [0.29, 0.717) is 28.0 Å². The second-order valence-corrected chi connectivity index (χ2v) is 7.45. The Labute approximate surface area is 192 Å². The molecular formula is C24H14BrN3O4. The van der Waals surface area contributed by atoms with Crippen molar-refractivity contribution < 1.29 is 14.5 Å². The third-order valence-corrected chi connectivity index (χ3v) is 5.05. The fraction of sp³-hybridized carbons (Fsp3) is 0.0417. The number of nitrogens with zero attached hydrogens (tertiary/aromatic N) is 3. The molecular weight excluding hydrogens is 474 g/mol. The standard InChI is InChI=1S/C24H14BrN3O4/c25-22-11-18(8-9-23(22)32-15-17-6-4-16(13-26)5-7-17)10-20(14-27)24(29)19-2-1-3-21(12-19)28(30)31/h1-12H,15H2/b20-10+. The number of allylic oxidation sites excluding steroid dienone is 1. The van der Waals surface area contributed by atoms with Crippen LogP contribution in [0, 0.1) is 32.8 Å². The van der Waals surface area contributed by atoms with Crippen LogP contribution < -0.4 is 4.74 Å². The van der Waals surface area contributed by atoms with Crippen molar-refractivity contribution in [1.82, 2.24) is 0 Å². The number of halogens is 1. The van der Waals surface area contributed by atoms with E-state index in [0.717, 1.165) is 11.6 Å². The minimum absolute atomic E-state index is 0.0634. The highest BCUT2D eigenvalue weighted by Crippen LogP contribution is 2.28. The summed E-state index contributed by atoms with van der Waals surface area (Å²) in [6.45, 7) is 0.300. The Kier molecular flexibility index (Phi) is 7.12. The maximum atomic E-state index is 12.6. The summed E-state index contributed by atoms with van der Waals surface area (Å²) in [6.07, 6.45) is 1.41. The van der Waals surface area contributed by atoms with Crippen molar-refractivity contribution in [2.24, 2.45) is 0 Å². The SMILES string of the molecule is N#C/C(=C\c1ccc(OCc2ccc(C#N)cc2)c(Br)c1)C(=O)c1cccc([N+](=O)[O-])c1. The van der Waals surface area contributed by atoms with Crippen LogP contribution in [0.5, 0.6) is 5.75 Å². The van der Waals surface area contributed by atoms with Gasteiger partial charge in [-0.25, -0.2) is 0 Å². The molecule has 3 aromatic carbocycles. The van der Waals surface area contributed by atoms with E-state index in [2.05, 4.69) is 22.0 Å². The Morgan fingerprint density at radius 2 is 1.84 bits per heavy atom. The molecule has 0 heterocycles. The molecule has 156 valence electrons. The molecule has 0 saturated carbocycles. The summed E-state index contributed by atoms with van der Waals surface area (Å²) in [6, 6.07) is 21.3. The van der Waals surface area contributed by atoms with Gasteiger partial charge in [-0.1, -0.05) is 30.3 Å². The fourth-order valence-electron chi connectivity index (χ4n) is 2.79. The van der Waals surface area contributed by atoms with Crippen LogP contribution in [0.3, 0.4) is 0 Å². The van der Waals surface area contributed by atoms with Gasteiger partial charge in [0.2, 0.25) is 5.78 Å². The van der Waals surface area contributed by atoms with Gasteiger partial charge in [0.15, 0.2) is 0 Å². The molecule has 0 radical (unpaired) electrons. The highest BCUT2D eigenvalue weighted by Gasteiger charge is 2.16. The maximum absolute atomic E-state index is 12.6. The van der Waals surface area contributed by atoms with E-state index in [1.165, 1.54) is 24.3 Å². The molecule has 0 bridgehead atoms. The van der Waals surface area contributed by atoms with Crippen molar-refractivity contribution in [3.8, 4) is 17.9 Å². The van der Waals surface area contributed by atoms with Crippen LogP contribution in [0.4, 0.5) is 5.69 Å². The normalized spacial score (nSPS) is 10.7. The molecule has 0 aliphatic carbocycles. The summed E-state index contributed by atoms with van der Waals surface area (Å²) in [5.74, 6) is -0.0384. The first-order valence-electron chi connectivity index (χ1n) is 9.23. The summed E-state index contributed by atoms with van der Waals surface area (Å²) >= 11 is 3.42. The third-order valence-electron chi connectivity index (χ3n) is 4.43. The van der Waals surface area contributed by atoms with Gasteiger partial charge in [-0.05, 0) is 57.4 Å². The van der Waals surface area contributed by atoms with E-state index in [-0.39, 0.29) is 16.8 Å². The molecule has 3 aromatic rings. The van der Waals surface area contributed by atoms with Crippen LogP contribution >= 0.6 is 15.9 Å². The Hall–Kier alpha value is -4.27. The van der Waals surface area contributed by atoms with E-state index >= 15 is 0 Å². The molecule has 0 atom stereocenters. The number of carbonyl (C=O) groups excluding carboxylic acids is 1. The molecule has 0 N–H and O–H groups in total. The first-order valence-corrected chi connectivity index (χ1v) is 10.0. The predicted octanol–water partition coefficient (Wildman–Crippen LogP) is 5.60. The highest BCUT2D eigenvalue weighted by atomic mass is 79.9. The monoisotopic (exact) mass is 487 g/mol. The molecule has 0 saturated heterocycles. The number of Topliss-reactive ketones (excluding diaryl/α,β-unsaturated/α-hetero) is 1. The van der Waals surface area contributed by atoms with Gasteiger partial charge in [-0.15, -0.1) is 0 Å². The minimum Gasteiger partial charge on any atom is -0.488 e. The van der Waals surface area contributed by atoms with Crippen LogP contribution in [0.25, 0.3) is 6.08 Å². The number of non-ortho nitro benzene ring substituents is 1. The van der Waals surface area contributed by atoms with Crippen LogP contribution in [-0.4, -0.2) is 10.7 Å². The smallest absolute Gasteiger partial charge is 0.270 e. The molecule has 0 unspecified atom stereocenters. The van der Waals surface area contributed by atoms with Gasteiger partial charge >= 0.3 is 0 Å². The largest absolute Gasteiger partial charge is 0.488 e. The average molecular weight is 488 g/mol. The van der Waals surface area contributed by atoms with Crippen molar-refractivity contribution in [2.75, 3.05) is 0 Å². The van der Waals surface area contributed by atoms with Gasteiger partial charge in [-0.3, -0.25) is 14.9 Å². The Bertz CT molecular complexity index is 1300. The lowest BCUT2D eigenvalue weighted by Crippen LogP contribution is -2.03. The van der Waals surface area contributed by atoms with E-state index < -0.39 is 10.7 Å². The molecule has 0 aromatic heterocycles. The molecule has 7 nitrogen and oxygen atoms in total. The Morgan fingerprint density at radius 1 is 1.09 bits per heavy atom. The second-order valence-electron chi connectivity index (χ2n) is 6.59. The molecule has 0 aliphatic rings. The van der Waals surface area contributed by atoms with E-state index in [1.807, 2.05) is 18.2 Å². The molecule has 8 heteroatoms. The average Bonchev–Trinajstić information content (AvgIpc) is 2.82. The van der Waals surface area contributed by atoms with E-state index in [9.17, 15) is 20.2 Å². The molecule has 0 amide bonds. The van der Waals surface area contributed by atoms with Gasteiger partial charge in [0.1, 0.15) is 24.0 Å². The zero-order chi connectivity index (χ0) is 23.1. The van der Waals surface area contributed by atoms with Crippen molar-refractivity contribution in [1.29, 1.82) is 10.5 Å². The van der Waals surface area contributed by atoms with Crippen molar-refractivity contribution in [2.45, 2.75) is 6.61 Å². The second kappa shape index (κ2) is 10.2. The van der Waals surface area contributed by atoms with Crippen molar-refractivity contribution in [3.63, 3.8) is 0 Å². The number of hydrogen-bond donors (Lipinski definition) is 0. The topological polar surface area (TPSA) is 117 Å². The Morgan fingerprint density at radius 3 is 2.47 bits per heavy atom. The lowest BCUT2D eigenvalue weighted by Gasteiger charge is -2.09. The number of hydrogen-bond acceptors (Lipinski definition) is 6. The van der Waals surface area contributed by atoms with Crippen LogP contribution in [0.15, 0.2) is 76.8 Å². The maximum Gasteiger partial charge on any atom is 0.270 e. The number of benzene rings is 3. The summed E-state index contributed by atoms with van der Waals surface area (Å²) in [5.41, 5.74) is 1.74. The zero-order valence-corrected chi connectivity index (χ0v) is 18.1. The summed E-state index contributed by atoms with van der Waals surface area (Å²) in [7, 11) is 0. The van der Waals surface area contributed by atoms with Crippen molar-refractivity contribution in [3.05, 3.63) is 109 Å². The van der Waals surface area contributed by atoms with Gasteiger partial charge in [-0.2, -0.15) is 10.5 Å². The zero-order valence-electron chi connectivity index (χ0n) is 16.5. The Balaban J connectivity index is 1.77. The van der Waals surface area contributed by atoms with Gasteiger partial charge in [0, 0.05) is 17.7 Å². The van der Waals surface area contributed by atoms with Gasteiger partial charge in [0.25, 0.3) is 5.69 Å². The van der Waals surface area contributed by atoms with Crippen LogP contribution in [0.1, 0.15) is 27.0 Å². The molecule has 32 heavy (non-hydrogen) atoms. The molecule has 3 rings (SSSR count). The first kappa shape index (κ1) is 22.4. The number of ketones is 1. The fourth-order valence-corrected chi connectivity index (χ4v) is 3.30. The number of nitro benzene ring substituents is 1. The van der Waals surface area contributed by atoms with Crippen molar-refractivity contribution >= 4 is 33.5 Å². The summed E-state index contributed by atoms with van der Waals surface area (Å²) in [5, 5.41) is 29.2. The van der Waals surface area contributed by atoms with E-state index in [4.69, 9.17) is 10.00 Å². The number of rotatable bonds is 7. The quantitative estimate of drug-likeness (QED) is 0.141. The van der Waals surface area contributed by atoms with Gasteiger partial charge in [0.05, 0.1) is 21.0 Å². The first-order chi connectivity index (χ1) is 15.4. The number of carbonyl (C=O) groups is 1. The van der Waals surface area contributed by atoms with Crippen LogP contribution in [-0.2, 0) is 6.61 Å². The minimum atomic E-state index is -0.603.